The van der Waals surface area contributed by atoms with E-state index in [1.54, 1.807) is 6.92 Å². The first kappa shape index (κ1) is 33.4. The number of phosphoric ester groups is 1. The van der Waals surface area contributed by atoms with Crippen LogP contribution in [0.4, 0.5) is 0 Å². The summed E-state index contributed by atoms with van der Waals surface area (Å²) in [6.07, 6.45) is 7.35. The van der Waals surface area contributed by atoms with Crippen LogP contribution in [0.15, 0.2) is 0 Å². The summed E-state index contributed by atoms with van der Waals surface area (Å²) in [5.41, 5.74) is 0. The molecule has 0 rings (SSSR count). The van der Waals surface area contributed by atoms with Crippen LogP contribution >= 0.6 is 7.82 Å². The van der Waals surface area contributed by atoms with Crippen molar-refractivity contribution in [2.75, 3.05) is 13.2 Å². The molecule has 8 nitrogen and oxygen atoms in total. The fourth-order valence-electron chi connectivity index (χ4n) is 2.54. The minimum atomic E-state index is -4.81. The highest BCUT2D eigenvalue weighted by Crippen LogP contribution is 2.35. The third-order valence-electron chi connectivity index (χ3n) is 4.21. The summed E-state index contributed by atoms with van der Waals surface area (Å²) in [4.78, 5) is 41.6. The average Bonchev–Trinajstić information content (AvgIpc) is 2.85. The molecule has 0 amide bonds. The first-order chi connectivity index (χ1) is 17.8. The van der Waals surface area contributed by atoms with Crippen molar-refractivity contribution in [2.24, 2.45) is 0 Å². The Balaban J connectivity index is 4.59. The fourth-order valence-corrected chi connectivity index (χ4v) is 2.90. The molecule has 0 aromatic rings. The zero-order valence-corrected chi connectivity index (χ0v) is 22.0. The van der Waals surface area contributed by atoms with Gasteiger partial charge in [-0.1, -0.05) is 57.8 Å². The second kappa shape index (κ2) is 22.8. The standard InChI is InChI=1S/C28H31O8P/c1-3-5-7-9-11-13-14-15-17-18-20-22-27(29)34-24-26(25-35-37(31,32)33)36-28(30)23-21-19-16-12-10-8-6-4-2/h26H,4,6,8,10,12,16,19,21,23-25H2,1-2H3,(H2,31,32,33)/t26-/m0/s1. The van der Waals surface area contributed by atoms with Gasteiger partial charge in [-0.25, -0.2) is 9.36 Å². The highest BCUT2D eigenvalue weighted by molar-refractivity contribution is 7.46. The Morgan fingerprint density at radius 3 is 1.81 bits per heavy atom. The minimum Gasteiger partial charge on any atom is -0.456 e. The summed E-state index contributed by atoms with van der Waals surface area (Å²) in [7, 11) is -4.81. The van der Waals surface area contributed by atoms with E-state index >= 15 is 0 Å². The molecule has 0 heterocycles. The third kappa shape index (κ3) is 25.3. The minimum absolute atomic E-state index is 0.134. The van der Waals surface area contributed by atoms with Crippen LogP contribution in [-0.2, 0) is 28.2 Å². The van der Waals surface area contributed by atoms with Crippen LogP contribution in [0.3, 0.4) is 0 Å². The lowest BCUT2D eigenvalue weighted by atomic mass is 10.1. The highest BCUT2D eigenvalue weighted by atomic mass is 31.2. The van der Waals surface area contributed by atoms with Gasteiger partial charge < -0.3 is 19.3 Å². The maximum Gasteiger partial charge on any atom is 0.469 e. The maximum atomic E-state index is 12.1. The van der Waals surface area contributed by atoms with E-state index in [1.165, 1.54) is 25.7 Å². The number of hydrogen-bond donors (Lipinski definition) is 2. The lowest BCUT2D eigenvalue weighted by Crippen LogP contribution is -2.29. The van der Waals surface area contributed by atoms with E-state index in [4.69, 9.17) is 19.3 Å². The van der Waals surface area contributed by atoms with Crippen molar-refractivity contribution < 1.29 is 37.9 Å². The van der Waals surface area contributed by atoms with Crippen molar-refractivity contribution in [3.8, 4) is 71.0 Å². The van der Waals surface area contributed by atoms with E-state index in [2.05, 4.69) is 82.5 Å². The van der Waals surface area contributed by atoms with Gasteiger partial charge in [-0.15, -0.1) is 0 Å². The molecule has 0 aliphatic heterocycles. The van der Waals surface area contributed by atoms with Crippen LogP contribution in [-0.4, -0.2) is 41.0 Å². The van der Waals surface area contributed by atoms with Crippen molar-refractivity contribution in [1.82, 2.24) is 0 Å². The van der Waals surface area contributed by atoms with Crippen molar-refractivity contribution in [1.29, 1.82) is 0 Å². The van der Waals surface area contributed by atoms with Gasteiger partial charge >= 0.3 is 19.8 Å². The Bertz CT molecular complexity index is 1140. The number of rotatable bonds is 15. The topological polar surface area (TPSA) is 119 Å². The summed E-state index contributed by atoms with van der Waals surface area (Å²) in [6, 6.07) is 0. The lowest BCUT2D eigenvalue weighted by Gasteiger charge is -2.17. The summed E-state index contributed by atoms with van der Waals surface area (Å²) in [6.45, 7) is 2.66. The number of phosphoric acid groups is 1. The molecule has 0 aliphatic carbocycles. The van der Waals surface area contributed by atoms with Crippen molar-refractivity contribution in [2.45, 2.75) is 77.7 Å². The van der Waals surface area contributed by atoms with Gasteiger partial charge in [0.15, 0.2) is 6.10 Å². The van der Waals surface area contributed by atoms with E-state index in [0.717, 1.165) is 19.3 Å². The van der Waals surface area contributed by atoms with E-state index in [9.17, 15) is 14.2 Å². The predicted molar refractivity (Wildman–Crippen MR) is 138 cm³/mol. The lowest BCUT2D eigenvalue weighted by molar-refractivity contribution is -0.158. The average molecular weight is 527 g/mol. The number of carbonyl (C=O) groups is 2. The predicted octanol–water partition coefficient (Wildman–Crippen LogP) is 3.12. The van der Waals surface area contributed by atoms with E-state index in [1.807, 2.05) is 0 Å². The zero-order chi connectivity index (χ0) is 27.6. The molecule has 0 bridgehead atoms. The van der Waals surface area contributed by atoms with Crippen LogP contribution in [0, 0.1) is 71.0 Å². The summed E-state index contributed by atoms with van der Waals surface area (Å²) >= 11 is 0. The molecular weight excluding hydrogens is 495 g/mol. The molecule has 1 atom stereocenters. The molecule has 0 aliphatic rings. The van der Waals surface area contributed by atoms with Crippen molar-refractivity contribution >= 4 is 19.8 Å². The molecule has 196 valence electrons. The molecule has 0 aromatic heterocycles. The normalized spacial score (nSPS) is 9.84. The third-order valence-corrected chi connectivity index (χ3v) is 4.70. The van der Waals surface area contributed by atoms with E-state index < -0.39 is 39.1 Å². The van der Waals surface area contributed by atoms with Gasteiger partial charge in [0.1, 0.15) is 6.61 Å². The largest absolute Gasteiger partial charge is 0.469 e. The van der Waals surface area contributed by atoms with Crippen LogP contribution in [0.1, 0.15) is 71.6 Å². The molecule has 0 fully saturated rings. The Kier molecular flexibility index (Phi) is 20.6. The molecule has 9 heteroatoms. The molecule has 37 heavy (non-hydrogen) atoms. The molecular formula is C28H31O8P. The smallest absolute Gasteiger partial charge is 0.456 e. The second-order valence-electron chi connectivity index (χ2n) is 7.35. The summed E-state index contributed by atoms with van der Waals surface area (Å²) in [5, 5.41) is 0. The van der Waals surface area contributed by atoms with Gasteiger partial charge in [0, 0.05) is 12.3 Å². The Morgan fingerprint density at radius 2 is 1.27 bits per heavy atom. The Hall–Kier alpha value is -3.59. The number of unbranched alkanes of at least 4 members (excludes halogenated alkanes) is 7. The van der Waals surface area contributed by atoms with Crippen LogP contribution < -0.4 is 0 Å². The van der Waals surface area contributed by atoms with Crippen LogP contribution in [0.5, 0.6) is 0 Å². The molecule has 2 N–H and O–H groups in total. The first-order valence-electron chi connectivity index (χ1n) is 11.8. The van der Waals surface area contributed by atoms with Gasteiger partial charge in [0.25, 0.3) is 0 Å². The number of ether oxygens (including phenoxy) is 2. The molecule has 0 spiro atoms. The quantitative estimate of drug-likeness (QED) is 0.110. The molecule has 0 saturated heterocycles. The van der Waals surface area contributed by atoms with Gasteiger partial charge in [-0.05, 0) is 72.5 Å². The second-order valence-corrected chi connectivity index (χ2v) is 8.59. The fraction of sp³-hybridized carbons (Fsp3) is 0.500. The number of carbonyl (C=O) groups excluding carboxylic acids is 2. The SMILES string of the molecule is CC#CC#CC#CC#CC#CC#CC(=O)OC[C@@H](COP(=O)(O)O)OC(=O)CCCCCCCCCC. The first-order valence-corrected chi connectivity index (χ1v) is 13.3. The van der Waals surface area contributed by atoms with Crippen LogP contribution in [0.25, 0.3) is 0 Å². The monoisotopic (exact) mass is 526 g/mol. The molecule has 0 saturated carbocycles. The Morgan fingerprint density at radius 1 is 0.757 bits per heavy atom. The van der Waals surface area contributed by atoms with Gasteiger partial charge in [-0.2, -0.15) is 0 Å². The highest BCUT2D eigenvalue weighted by Gasteiger charge is 2.22. The molecule has 0 aromatic carbocycles. The summed E-state index contributed by atoms with van der Waals surface area (Å²) in [5.74, 6) is 27.2. The van der Waals surface area contributed by atoms with Crippen LogP contribution in [0.2, 0.25) is 0 Å². The van der Waals surface area contributed by atoms with Crippen molar-refractivity contribution in [3.05, 3.63) is 0 Å². The maximum absolute atomic E-state index is 12.1. The van der Waals surface area contributed by atoms with Gasteiger partial charge in [0.05, 0.1) is 6.61 Å². The van der Waals surface area contributed by atoms with E-state index in [0.29, 0.717) is 6.42 Å². The zero-order valence-electron chi connectivity index (χ0n) is 21.1. The molecule has 0 radical (unpaired) electrons. The number of esters is 2. The van der Waals surface area contributed by atoms with Crippen molar-refractivity contribution in [3.63, 3.8) is 0 Å². The summed E-state index contributed by atoms with van der Waals surface area (Å²) < 4.78 is 25.4. The van der Waals surface area contributed by atoms with Gasteiger partial charge in [0.2, 0.25) is 0 Å². The number of hydrogen-bond acceptors (Lipinski definition) is 6. The van der Waals surface area contributed by atoms with Gasteiger partial charge in [-0.3, -0.25) is 9.32 Å². The molecule has 0 unspecified atom stereocenters. The Labute approximate surface area is 219 Å². The van der Waals surface area contributed by atoms with E-state index in [-0.39, 0.29) is 6.42 Å².